The summed E-state index contributed by atoms with van der Waals surface area (Å²) >= 11 is 0. The number of nitrogens with one attached hydrogen (secondary N) is 1. The van der Waals surface area contributed by atoms with Crippen molar-refractivity contribution in [2.75, 3.05) is 0 Å². The standard InChI is InChI=1S/C15H23N3O3/c1-2-5-12(18-9-8-16-11-18)10-13(19)17-15(14(20)21)6-3-4-7-15/h8-9,11-12H,2-7,10H2,1H3,(H,17,19)(H,20,21). The van der Waals surface area contributed by atoms with Crippen molar-refractivity contribution >= 4 is 11.9 Å². The topological polar surface area (TPSA) is 84.2 Å². The molecule has 0 aromatic carbocycles. The van der Waals surface area contributed by atoms with Gasteiger partial charge in [-0.3, -0.25) is 4.79 Å². The van der Waals surface area contributed by atoms with Gasteiger partial charge >= 0.3 is 5.97 Å². The molecule has 1 aliphatic rings. The molecule has 6 heteroatoms. The molecule has 1 aliphatic carbocycles. The van der Waals surface area contributed by atoms with Crippen LogP contribution in [0, 0.1) is 0 Å². The van der Waals surface area contributed by atoms with Crippen molar-refractivity contribution in [2.24, 2.45) is 0 Å². The molecule has 1 amide bonds. The normalized spacial score (nSPS) is 18.3. The molecule has 2 N–H and O–H groups in total. The Morgan fingerprint density at radius 2 is 2.14 bits per heavy atom. The van der Waals surface area contributed by atoms with Crippen molar-refractivity contribution < 1.29 is 14.7 Å². The largest absolute Gasteiger partial charge is 0.480 e. The summed E-state index contributed by atoms with van der Waals surface area (Å²) in [5.74, 6) is -1.10. The van der Waals surface area contributed by atoms with E-state index in [1.807, 2.05) is 10.8 Å². The quantitative estimate of drug-likeness (QED) is 0.806. The van der Waals surface area contributed by atoms with Gasteiger partial charge in [-0.25, -0.2) is 9.78 Å². The molecule has 6 nitrogen and oxygen atoms in total. The predicted molar refractivity (Wildman–Crippen MR) is 77.8 cm³/mol. The van der Waals surface area contributed by atoms with Crippen LogP contribution in [-0.2, 0) is 9.59 Å². The Hall–Kier alpha value is -1.85. The number of carboxylic acids is 1. The molecule has 0 radical (unpaired) electrons. The Morgan fingerprint density at radius 3 is 2.67 bits per heavy atom. The monoisotopic (exact) mass is 293 g/mol. The van der Waals surface area contributed by atoms with E-state index in [0.29, 0.717) is 19.3 Å². The third-order valence-electron chi connectivity index (χ3n) is 4.23. The van der Waals surface area contributed by atoms with E-state index in [-0.39, 0.29) is 11.9 Å². The van der Waals surface area contributed by atoms with Crippen LogP contribution >= 0.6 is 0 Å². The van der Waals surface area contributed by atoms with E-state index >= 15 is 0 Å². The van der Waals surface area contributed by atoms with E-state index < -0.39 is 11.5 Å². The molecule has 116 valence electrons. The number of hydrogen-bond donors (Lipinski definition) is 2. The average molecular weight is 293 g/mol. The number of hydrogen-bond acceptors (Lipinski definition) is 3. The summed E-state index contributed by atoms with van der Waals surface area (Å²) in [5.41, 5.74) is -1.05. The zero-order chi connectivity index (χ0) is 15.3. The summed E-state index contributed by atoms with van der Waals surface area (Å²) in [5, 5.41) is 12.2. The highest BCUT2D eigenvalue weighted by atomic mass is 16.4. The lowest BCUT2D eigenvalue weighted by Gasteiger charge is -2.27. The summed E-state index contributed by atoms with van der Waals surface area (Å²) < 4.78 is 1.92. The van der Waals surface area contributed by atoms with Gasteiger partial charge in [0.1, 0.15) is 5.54 Å². The number of carbonyl (C=O) groups is 2. The minimum Gasteiger partial charge on any atom is -0.480 e. The maximum absolute atomic E-state index is 12.3. The Balaban J connectivity index is 2.00. The summed E-state index contributed by atoms with van der Waals surface area (Å²) in [6.45, 7) is 2.07. The van der Waals surface area contributed by atoms with Gasteiger partial charge in [-0.15, -0.1) is 0 Å². The van der Waals surface area contributed by atoms with Crippen LogP contribution in [0.4, 0.5) is 0 Å². The molecule has 1 saturated carbocycles. The number of amides is 1. The molecular weight excluding hydrogens is 270 g/mol. The van der Waals surface area contributed by atoms with Gasteiger partial charge < -0.3 is 15.0 Å². The fourth-order valence-corrected chi connectivity index (χ4v) is 3.08. The van der Waals surface area contributed by atoms with Gasteiger partial charge in [-0.1, -0.05) is 26.2 Å². The molecule has 1 heterocycles. The van der Waals surface area contributed by atoms with E-state index in [1.165, 1.54) is 0 Å². The highest BCUT2D eigenvalue weighted by Crippen LogP contribution is 2.30. The highest BCUT2D eigenvalue weighted by molar-refractivity contribution is 5.87. The minimum atomic E-state index is -1.05. The molecule has 1 unspecified atom stereocenters. The second-order valence-electron chi connectivity index (χ2n) is 5.80. The van der Waals surface area contributed by atoms with Crippen LogP contribution in [0.1, 0.15) is 57.9 Å². The Bertz CT molecular complexity index is 478. The second kappa shape index (κ2) is 6.74. The molecule has 0 aliphatic heterocycles. The number of imidazole rings is 1. The lowest BCUT2D eigenvalue weighted by Crippen LogP contribution is -2.52. The molecule has 1 atom stereocenters. The maximum atomic E-state index is 12.3. The fraction of sp³-hybridized carbons (Fsp3) is 0.667. The van der Waals surface area contributed by atoms with Gasteiger partial charge in [0.2, 0.25) is 5.91 Å². The molecular formula is C15H23N3O3. The molecule has 1 fully saturated rings. The molecule has 1 aromatic rings. The molecule has 21 heavy (non-hydrogen) atoms. The van der Waals surface area contributed by atoms with Crippen LogP contribution in [0.3, 0.4) is 0 Å². The second-order valence-corrected chi connectivity index (χ2v) is 5.80. The number of carbonyl (C=O) groups excluding carboxylic acids is 1. The summed E-state index contributed by atoms with van der Waals surface area (Å²) in [7, 11) is 0. The maximum Gasteiger partial charge on any atom is 0.329 e. The van der Waals surface area contributed by atoms with E-state index in [9.17, 15) is 14.7 Å². The van der Waals surface area contributed by atoms with Gasteiger partial charge in [-0.2, -0.15) is 0 Å². The number of nitrogens with zero attached hydrogens (tertiary/aromatic N) is 2. The van der Waals surface area contributed by atoms with Crippen molar-refractivity contribution in [3.63, 3.8) is 0 Å². The van der Waals surface area contributed by atoms with Crippen molar-refractivity contribution in [1.29, 1.82) is 0 Å². The van der Waals surface area contributed by atoms with E-state index in [4.69, 9.17) is 0 Å². The van der Waals surface area contributed by atoms with Gasteiger partial charge in [0.15, 0.2) is 0 Å². The summed E-state index contributed by atoms with van der Waals surface area (Å²) in [4.78, 5) is 27.8. The van der Waals surface area contributed by atoms with Crippen LogP contribution < -0.4 is 5.32 Å². The van der Waals surface area contributed by atoms with Crippen LogP contribution in [0.15, 0.2) is 18.7 Å². The Labute approximate surface area is 124 Å². The van der Waals surface area contributed by atoms with Gasteiger partial charge in [-0.05, 0) is 19.3 Å². The fourth-order valence-electron chi connectivity index (χ4n) is 3.08. The number of aliphatic carboxylic acids is 1. The molecule has 2 rings (SSSR count). The van der Waals surface area contributed by atoms with Crippen molar-refractivity contribution in [3.05, 3.63) is 18.7 Å². The van der Waals surface area contributed by atoms with Gasteiger partial charge in [0.25, 0.3) is 0 Å². The average Bonchev–Trinajstić information content (AvgIpc) is 3.09. The lowest BCUT2D eigenvalue weighted by atomic mass is 9.97. The predicted octanol–water partition coefficient (Wildman–Crippen LogP) is 2.13. The van der Waals surface area contributed by atoms with Crippen molar-refractivity contribution in [2.45, 2.75) is 63.5 Å². The molecule has 0 spiro atoms. The molecule has 0 bridgehead atoms. The first-order chi connectivity index (χ1) is 10.1. The number of carboxylic acid groups (broad SMARTS) is 1. The third-order valence-corrected chi connectivity index (χ3v) is 4.23. The molecule has 0 saturated heterocycles. The van der Waals surface area contributed by atoms with Crippen LogP contribution in [0.2, 0.25) is 0 Å². The van der Waals surface area contributed by atoms with E-state index in [0.717, 1.165) is 25.7 Å². The zero-order valence-electron chi connectivity index (χ0n) is 12.4. The first-order valence-corrected chi connectivity index (χ1v) is 7.59. The van der Waals surface area contributed by atoms with Crippen LogP contribution in [0.5, 0.6) is 0 Å². The van der Waals surface area contributed by atoms with Gasteiger partial charge in [0.05, 0.1) is 6.33 Å². The number of aromatic nitrogens is 2. The molecule has 1 aromatic heterocycles. The summed E-state index contributed by atoms with van der Waals surface area (Å²) in [6, 6.07) is 0.0322. The van der Waals surface area contributed by atoms with Crippen molar-refractivity contribution in [1.82, 2.24) is 14.9 Å². The zero-order valence-corrected chi connectivity index (χ0v) is 12.4. The Morgan fingerprint density at radius 1 is 1.43 bits per heavy atom. The van der Waals surface area contributed by atoms with Gasteiger partial charge in [0, 0.05) is 24.9 Å². The summed E-state index contributed by atoms with van der Waals surface area (Å²) in [6.07, 6.45) is 10.1. The number of rotatable bonds is 7. The van der Waals surface area contributed by atoms with E-state index in [1.54, 1.807) is 12.5 Å². The first kappa shape index (κ1) is 15.5. The third kappa shape index (κ3) is 3.62. The smallest absolute Gasteiger partial charge is 0.329 e. The minimum absolute atomic E-state index is 0.0322. The highest BCUT2D eigenvalue weighted by Gasteiger charge is 2.42. The van der Waals surface area contributed by atoms with Crippen molar-refractivity contribution in [3.8, 4) is 0 Å². The van der Waals surface area contributed by atoms with Crippen LogP contribution in [-0.4, -0.2) is 32.1 Å². The van der Waals surface area contributed by atoms with Crippen LogP contribution in [0.25, 0.3) is 0 Å². The Kier molecular flexibility index (Phi) is 4.98. The lowest BCUT2D eigenvalue weighted by molar-refractivity contribution is -0.147. The van der Waals surface area contributed by atoms with E-state index in [2.05, 4.69) is 17.2 Å². The SMILES string of the molecule is CCCC(CC(=O)NC1(C(=O)O)CCCC1)n1ccnc1. The first-order valence-electron chi connectivity index (χ1n) is 7.59.